The first-order valence-corrected chi connectivity index (χ1v) is 5.42. The summed E-state index contributed by atoms with van der Waals surface area (Å²) in [4.78, 5) is 0. The highest BCUT2D eigenvalue weighted by atomic mass is 127. The van der Waals surface area contributed by atoms with Crippen molar-refractivity contribution >= 4 is 28.8 Å². The van der Waals surface area contributed by atoms with Gasteiger partial charge in [-0.3, -0.25) is 0 Å². The number of benzene rings is 1. The molecule has 1 N–H and O–H groups in total. The summed E-state index contributed by atoms with van der Waals surface area (Å²) in [6.07, 6.45) is 6.44. The Morgan fingerprint density at radius 2 is 2.38 bits per heavy atom. The standard InChI is InChI=1S/C11H10INO3/c1-3-4-16-11-9(12)5-8(7-13-14)6-10(11)15-2/h1,5-7,14H,4H2,2H3/b13-7-. The van der Waals surface area contributed by atoms with E-state index in [4.69, 9.17) is 21.1 Å². The third kappa shape index (κ3) is 3.03. The zero-order valence-electron chi connectivity index (χ0n) is 8.61. The molecule has 0 spiro atoms. The molecule has 0 aliphatic rings. The summed E-state index contributed by atoms with van der Waals surface area (Å²) >= 11 is 2.10. The van der Waals surface area contributed by atoms with Gasteiger partial charge >= 0.3 is 0 Å². The number of rotatable bonds is 4. The van der Waals surface area contributed by atoms with E-state index < -0.39 is 0 Å². The topological polar surface area (TPSA) is 51.0 Å². The van der Waals surface area contributed by atoms with E-state index in [0.29, 0.717) is 11.5 Å². The van der Waals surface area contributed by atoms with Gasteiger partial charge in [0.1, 0.15) is 6.61 Å². The number of ether oxygens (including phenoxy) is 2. The van der Waals surface area contributed by atoms with Gasteiger partial charge in [0.25, 0.3) is 0 Å². The summed E-state index contributed by atoms with van der Waals surface area (Å²) in [5.41, 5.74) is 0.719. The first kappa shape index (κ1) is 12.6. The molecule has 5 heteroatoms. The van der Waals surface area contributed by atoms with Gasteiger partial charge in [-0.15, -0.1) is 6.42 Å². The van der Waals surface area contributed by atoms with Crippen LogP contribution in [-0.2, 0) is 0 Å². The Labute approximate surface area is 107 Å². The molecular weight excluding hydrogens is 321 g/mol. The Morgan fingerprint density at radius 3 is 2.94 bits per heavy atom. The minimum atomic E-state index is 0.180. The van der Waals surface area contributed by atoms with Crippen molar-refractivity contribution in [2.75, 3.05) is 13.7 Å². The lowest BCUT2D eigenvalue weighted by atomic mass is 10.2. The van der Waals surface area contributed by atoms with Crippen LogP contribution in [-0.4, -0.2) is 25.1 Å². The largest absolute Gasteiger partial charge is 0.493 e. The number of oxime groups is 1. The SMILES string of the molecule is C#CCOc1c(I)cc(/C=N\O)cc1OC. The summed E-state index contributed by atoms with van der Waals surface area (Å²) in [5, 5.41) is 11.4. The Balaban J connectivity index is 3.13. The highest BCUT2D eigenvalue weighted by Crippen LogP contribution is 2.33. The summed E-state index contributed by atoms with van der Waals surface area (Å²) in [6, 6.07) is 3.50. The molecule has 0 fully saturated rings. The molecule has 0 radical (unpaired) electrons. The number of methoxy groups -OCH3 is 1. The van der Waals surface area contributed by atoms with Crippen LogP contribution in [0.25, 0.3) is 0 Å². The summed E-state index contributed by atoms with van der Waals surface area (Å²) < 4.78 is 11.4. The van der Waals surface area contributed by atoms with E-state index in [1.54, 1.807) is 12.1 Å². The van der Waals surface area contributed by atoms with Crippen molar-refractivity contribution in [2.24, 2.45) is 5.16 Å². The van der Waals surface area contributed by atoms with Crippen molar-refractivity contribution in [3.8, 4) is 23.8 Å². The molecule has 0 unspecified atom stereocenters. The smallest absolute Gasteiger partial charge is 0.175 e. The van der Waals surface area contributed by atoms with Crippen LogP contribution in [0.5, 0.6) is 11.5 Å². The predicted molar refractivity (Wildman–Crippen MR) is 69.4 cm³/mol. The zero-order chi connectivity index (χ0) is 12.0. The molecular formula is C11H10INO3. The molecule has 0 aliphatic heterocycles. The molecule has 0 amide bonds. The minimum absolute atomic E-state index is 0.180. The lowest BCUT2D eigenvalue weighted by Gasteiger charge is -2.11. The molecule has 1 rings (SSSR count). The molecule has 0 atom stereocenters. The molecule has 0 bridgehead atoms. The third-order valence-corrected chi connectivity index (χ3v) is 2.56. The average Bonchev–Trinajstić information content (AvgIpc) is 2.27. The molecule has 84 valence electrons. The third-order valence-electron chi connectivity index (χ3n) is 1.76. The molecule has 0 aliphatic carbocycles. The highest BCUT2D eigenvalue weighted by molar-refractivity contribution is 14.1. The molecule has 1 aromatic rings. The van der Waals surface area contributed by atoms with E-state index in [0.717, 1.165) is 9.13 Å². The maximum absolute atomic E-state index is 8.45. The van der Waals surface area contributed by atoms with Gasteiger partial charge in [0.2, 0.25) is 0 Å². The van der Waals surface area contributed by atoms with Crippen LogP contribution < -0.4 is 9.47 Å². The summed E-state index contributed by atoms with van der Waals surface area (Å²) in [6.45, 7) is 0.180. The maximum Gasteiger partial charge on any atom is 0.175 e. The first-order chi connectivity index (χ1) is 7.72. The van der Waals surface area contributed by atoms with Gasteiger partial charge in [-0.05, 0) is 34.7 Å². The fourth-order valence-electron chi connectivity index (χ4n) is 1.13. The van der Waals surface area contributed by atoms with Gasteiger partial charge in [-0.25, -0.2) is 0 Å². The Kier molecular flexibility index (Phi) is 4.92. The molecule has 0 heterocycles. The van der Waals surface area contributed by atoms with E-state index in [1.807, 2.05) is 0 Å². The van der Waals surface area contributed by atoms with Gasteiger partial charge in [0.05, 0.1) is 16.9 Å². The van der Waals surface area contributed by atoms with Crippen LogP contribution in [0.2, 0.25) is 0 Å². The second kappa shape index (κ2) is 6.23. The van der Waals surface area contributed by atoms with Crippen LogP contribution in [0.4, 0.5) is 0 Å². The van der Waals surface area contributed by atoms with Crippen LogP contribution in [0.15, 0.2) is 17.3 Å². The van der Waals surface area contributed by atoms with E-state index in [-0.39, 0.29) is 6.61 Å². The van der Waals surface area contributed by atoms with Crippen LogP contribution >= 0.6 is 22.6 Å². The van der Waals surface area contributed by atoms with E-state index in [1.165, 1.54) is 13.3 Å². The van der Waals surface area contributed by atoms with Crippen molar-refractivity contribution in [3.63, 3.8) is 0 Å². The second-order valence-electron chi connectivity index (χ2n) is 2.77. The Morgan fingerprint density at radius 1 is 1.62 bits per heavy atom. The summed E-state index contributed by atoms with van der Waals surface area (Å²) in [7, 11) is 1.54. The lowest BCUT2D eigenvalue weighted by Crippen LogP contribution is -2.00. The monoisotopic (exact) mass is 331 g/mol. The van der Waals surface area contributed by atoms with Gasteiger partial charge < -0.3 is 14.7 Å². The molecule has 0 saturated heterocycles. The van der Waals surface area contributed by atoms with Crippen molar-refractivity contribution in [1.29, 1.82) is 0 Å². The Hall–Kier alpha value is -1.42. The number of nitrogens with zero attached hydrogens (tertiary/aromatic N) is 1. The maximum atomic E-state index is 8.45. The molecule has 16 heavy (non-hydrogen) atoms. The predicted octanol–water partition coefficient (Wildman–Crippen LogP) is 2.12. The van der Waals surface area contributed by atoms with Crippen molar-refractivity contribution in [2.45, 2.75) is 0 Å². The molecule has 0 aromatic heterocycles. The van der Waals surface area contributed by atoms with Crippen molar-refractivity contribution in [1.82, 2.24) is 0 Å². The number of hydrogen-bond acceptors (Lipinski definition) is 4. The highest BCUT2D eigenvalue weighted by Gasteiger charge is 2.10. The van der Waals surface area contributed by atoms with Crippen LogP contribution in [0.1, 0.15) is 5.56 Å². The van der Waals surface area contributed by atoms with Crippen LogP contribution in [0, 0.1) is 15.9 Å². The van der Waals surface area contributed by atoms with E-state index in [2.05, 4.69) is 33.7 Å². The number of hydrogen-bond donors (Lipinski definition) is 1. The molecule has 0 saturated carbocycles. The van der Waals surface area contributed by atoms with Crippen molar-refractivity contribution < 1.29 is 14.7 Å². The Bertz CT molecular complexity index is 438. The van der Waals surface area contributed by atoms with Crippen molar-refractivity contribution in [3.05, 3.63) is 21.3 Å². The van der Waals surface area contributed by atoms with Crippen LogP contribution in [0.3, 0.4) is 0 Å². The normalized spacial score (nSPS) is 10.1. The van der Waals surface area contributed by atoms with E-state index in [9.17, 15) is 0 Å². The molecule has 4 nitrogen and oxygen atoms in total. The van der Waals surface area contributed by atoms with Gasteiger partial charge in [0, 0.05) is 5.56 Å². The molecule has 1 aromatic carbocycles. The minimum Gasteiger partial charge on any atom is -0.493 e. The van der Waals surface area contributed by atoms with Gasteiger partial charge in [-0.2, -0.15) is 0 Å². The number of terminal acetylenes is 1. The van der Waals surface area contributed by atoms with E-state index >= 15 is 0 Å². The number of halogens is 1. The summed E-state index contributed by atoms with van der Waals surface area (Å²) in [5.74, 6) is 3.53. The van der Waals surface area contributed by atoms with Gasteiger partial charge in [-0.1, -0.05) is 11.1 Å². The van der Waals surface area contributed by atoms with Gasteiger partial charge in [0.15, 0.2) is 11.5 Å². The second-order valence-corrected chi connectivity index (χ2v) is 3.93. The average molecular weight is 331 g/mol. The quantitative estimate of drug-likeness (QED) is 0.302. The fourth-order valence-corrected chi connectivity index (χ4v) is 1.92. The fraction of sp³-hybridized carbons (Fsp3) is 0.182. The lowest BCUT2D eigenvalue weighted by molar-refractivity contribution is 0.321. The first-order valence-electron chi connectivity index (χ1n) is 4.34. The zero-order valence-corrected chi connectivity index (χ0v) is 10.8.